The van der Waals surface area contributed by atoms with Crippen molar-refractivity contribution >= 4 is 45.3 Å². The van der Waals surface area contributed by atoms with Crippen molar-refractivity contribution in [2.45, 2.75) is 13.3 Å². The summed E-state index contributed by atoms with van der Waals surface area (Å²) < 4.78 is 7.37. The zero-order valence-corrected chi connectivity index (χ0v) is 17.3. The Morgan fingerprint density at radius 3 is 2.80 bits per heavy atom. The van der Waals surface area contributed by atoms with Crippen LogP contribution in [0, 0.1) is 6.92 Å². The van der Waals surface area contributed by atoms with E-state index in [1.807, 2.05) is 25.1 Å². The molecule has 1 aromatic carbocycles. The second kappa shape index (κ2) is 6.88. The summed E-state index contributed by atoms with van der Waals surface area (Å²) in [6.07, 6.45) is 2.75. The fourth-order valence-electron chi connectivity index (χ4n) is 3.82. The van der Waals surface area contributed by atoms with E-state index < -0.39 is 0 Å². The summed E-state index contributed by atoms with van der Waals surface area (Å²) in [6, 6.07) is 9.58. The number of hydrogen-bond acceptors (Lipinski definition) is 6. The molecule has 5 rings (SSSR count). The Bertz CT molecular complexity index is 1400. The van der Waals surface area contributed by atoms with Crippen LogP contribution in [-0.4, -0.2) is 32.7 Å². The van der Waals surface area contributed by atoms with Crippen LogP contribution in [0.5, 0.6) is 5.75 Å². The lowest BCUT2D eigenvalue weighted by Gasteiger charge is -2.25. The average molecular weight is 423 g/mol. The summed E-state index contributed by atoms with van der Waals surface area (Å²) in [5.41, 5.74) is 5.46. The van der Waals surface area contributed by atoms with Gasteiger partial charge in [-0.1, -0.05) is 23.7 Å². The normalized spacial score (nSPS) is 14.5. The highest BCUT2D eigenvalue weighted by molar-refractivity contribution is 6.31. The molecule has 0 saturated carbocycles. The van der Waals surface area contributed by atoms with Crippen molar-refractivity contribution in [2.75, 3.05) is 18.0 Å². The molecule has 0 amide bonds. The molecule has 0 fully saturated rings. The van der Waals surface area contributed by atoms with Crippen LogP contribution in [-0.2, 0) is 7.05 Å². The molecule has 1 N–H and O–H groups in total. The first kappa shape index (κ1) is 18.7. The molecular weight excluding hydrogens is 404 g/mol. The van der Waals surface area contributed by atoms with Gasteiger partial charge in [0.1, 0.15) is 5.52 Å². The summed E-state index contributed by atoms with van der Waals surface area (Å²) in [5.74, 6) is -0.147. The van der Waals surface area contributed by atoms with Gasteiger partial charge in [0.25, 0.3) is 11.6 Å². The van der Waals surface area contributed by atoms with Gasteiger partial charge in [-0.15, -0.1) is 0 Å². The van der Waals surface area contributed by atoms with Crippen LogP contribution in [0.4, 0.5) is 6.01 Å². The second-order valence-corrected chi connectivity index (χ2v) is 7.87. The minimum atomic E-state index is -0.168. The predicted molar refractivity (Wildman–Crippen MR) is 117 cm³/mol. The number of rotatable bonds is 2. The highest BCUT2D eigenvalue weighted by Gasteiger charge is 2.21. The van der Waals surface area contributed by atoms with Gasteiger partial charge in [-0.05, 0) is 36.6 Å². The number of aromatic hydroxyl groups is 1. The van der Waals surface area contributed by atoms with E-state index >= 15 is 0 Å². The van der Waals surface area contributed by atoms with E-state index in [-0.39, 0.29) is 16.5 Å². The van der Waals surface area contributed by atoms with Crippen molar-refractivity contribution in [1.82, 2.24) is 14.5 Å². The van der Waals surface area contributed by atoms with Crippen molar-refractivity contribution in [2.24, 2.45) is 7.05 Å². The summed E-state index contributed by atoms with van der Waals surface area (Å²) in [5, 5.41) is 9.94. The third kappa shape index (κ3) is 3.02. The smallest absolute Gasteiger partial charge is 0.298 e. The molecule has 0 radical (unpaired) electrons. The molecule has 7 nitrogen and oxygen atoms in total. The minimum absolute atomic E-state index is 0.0159. The third-order valence-corrected chi connectivity index (χ3v) is 5.79. The van der Waals surface area contributed by atoms with E-state index in [4.69, 9.17) is 16.0 Å². The number of oxazole rings is 1. The van der Waals surface area contributed by atoms with E-state index in [0.717, 1.165) is 27.8 Å². The molecule has 0 saturated heterocycles. The molecule has 1 aliphatic rings. The number of anilines is 1. The maximum absolute atomic E-state index is 12.5. The Morgan fingerprint density at radius 2 is 2.03 bits per heavy atom. The fraction of sp³-hybridized carbons (Fsp3) is 0.227. The van der Waals surface area contributed by atoms with E-state index in [0.29, 0.717) is 36.6 Å². The summed E-state index contributed by atoms with van der Waals surface area (Å²) in [6.45, 7) is 3.32. The second-order valence-electron chi connectivity index (χ2n) is 7.51. The van der Waals surface area contributed by atoms with Crippen LogP contribution >= 0.6 is 11.6 Å². The zero-order valence-electron chi connectivity index (χ0n) is 16.5. The number of aromatic nitrogens is 3. The summed E-state index contributed by atoms with van der Waals surface area (Å²) >= 11 is 6.05. The van der Waals surface area contributed by atoms with Gasteiger partial charge in [-0.2, -0.15) is 4.98 Å². The first-order valence-electron chi connectivity index (χ1n) is 9.61. The first-order valence-corrected chi connectivity index (χ1v) is 9.99. The molecule has 30 heavy (non-hydrogen) atoms. The SMILES string of the molecule is Cc1ccc2oc(N3CC=C(c4cc(=O)n(C)c5cc(O)c(Cl)nc45)CC3)nc2c1. The lowest BCUT2D eigenvalue weighted by molar-refractivity contribution is 0.474. The number of fused-ring (bicyclic) bond motifs is 2. The maximum Gasteiger partial charge on any atom is 0.298 e. The third-order valence-electron chi connectivity index (χ3n) is 5.51. The molecule has 4 heterocycles. The Morgan fingerprint density at radius 1 is 1.20 bits per heavy atom. The van der Waals surface area contributed by atoms with Crippen molar-refractivity contribution in [3.63, 3.8) is 0 Å². The van der Waals surface area contributed by atoms with Crippen molar-refractivity contribution < 1.29 is 9.52 Å². The Hall–Kier alpha value is -3.32. The van der Waals surface area contributed by atoms with Crippen LogP contribution in [0.2, 0.25) is 5.15 Å². The monoisotopic (exact) mass is 422 g/mol. The highest BCUT2D eigenvalue weighted by Crippen LogP contribution is 2.32. The zero-order chi connectivity index (χ0) is 21.0. The van der Waals surface area contributed by atoms with Crippen LogP contribution in [0.3, 0.4) is 0 Å². The standard InChI is InChI=1S/C22H19ClN4O3/c1-12-3-4-18-15(9-12)24-22(30-18)27-7-5-13(6-8-27)14-10-19(29)26(2)16-11-17(28)21(23)25-20(14)16/h3-5,9-11,28H,6-8H2,1-2H3. The minimum Gasteiger partial charge on any atom is -0.505 e. The van der Waals surface area contributed by atoms with Gasteiger partial charge in [-0.3, -0.25) is 4.79 Å². The number of nitrogens with zero attached hydrogens (tertiary/aromatic N) is 4. The molecule has 0 atom stereocenters. The lowest BCUT2D eigenvalue weighted by Crippen LogP contribution is -2.29. The van der Waals surface area contributed by atoms with E-state index in [2.05, 4.69) is 20.9 Å². The topological polar surface area (TPSA) is 84.4 Å². The predicted octanol–water partition coefficient (Wildman–Crippen LogP) is 4.04. The molecule has 4 aromatic rings. The average Bonchev–Trinajstić information content (AvgIpc) is 3.15. The Balaban J connectivity index is 1.52. The molecule has 0 bridgehead atoms. The van der Waals surface area contributed by atoms with Crippen LogP contribution in [0.25, 0.3) is 27.7 Å². The molecular formula is C22H19ClN4O3. The molecule has 152 valence electrons. The van der Waals surface area contributed by atoms with E-state index in [1.54, 1.807) is 13.1 Å². The summed E-state index contributed by atoms with van der Waals surface area (Å²) in [4.78, 5) is 23.5. The number of aryl methyl sites for hydroxylation is 2. The van der Waals surface area contributed by atoms with E-state index in [1.165, 1.54) is 10.6 Å². The molecule has 0 aliphatic carbocycles. The van der Waals surface area contributed by atoms with E-state index in [9.17, 15) is 9.90 Å². The number of halogens is 1. The Kier molecular flexibility index (Phi) is 4.29. The van der Waals surface area contributed by atoms with Gasteiger partial charge in [0.2, 0.25) is 0 Å². The Labute approximate surface area is 176 Å². The largest absolute Gasteiger partial charge is 0.505 e. The summed E-state index contributed by atoms with van der Waals surface area (Å²) in [7, 11) is 1.65. The molecule has 1 aliphatic heterocycles. The van der Waals surface area contributed by atoms with Gasteiger partial charge in [0, 0.05) is 37.8 Å². The molecule has 0 spiro atoms. The highest BCUT2D eigenvalue weighted by atomic mass is 35.5. The van der Waals surface area contributed by atoms with Gasteiger partial charge in [0.05, 0.1) is 11.0 Å². The van der Waals surface area contributed by atoms with Gasteiger partial charge >= 0.3 is 0 Å². The number of hydrogen-bond donors (Lipinski definition) is 1. The quantitative estimate of drug-likeness (QED) is 0.491. The van der Waals surface area contributed by atoms with Crippen LogP contribution in [0.15, 0.2) is 45.6 Å². The van der Waals surface area contributed by atoms with Crippen LogP contribution < -0.4 is 10.5 Å². The van der Waals surface area contributed by atoms with Crippen LogP contribution in [0.1, 0.15) is 17.5 Å². The molecule has 0 unspecified atom stereocenters. The maximum atomic E-state index is 12.5. The van der Waals surface area contributed by atoms with Gasteiger partial charge in [0.15, 0.2) is 16.5 Å². The number of benzene rings is 1. The van der Waals surface area contributed by atoms with Crippen molar-refractivity contribution in [1.29, 1.82) is 0 Å². The van der Waals surface area contributed by atoms with Crippen molar-refractivity contribution in [3.05, 3.63) is 63.0 Å². The fourth-order valence-corrected chi connectivity index (χ4v) is 3.96. The van der Waals surface area contributed by atoms with Gasteiger partial charge in [-0.25, -0.2) is 4.98 Å². The number of pyridine rings is 2. The van der Waals surface area contributed by atoms with Gasteiger partial charge < -0.3 is 19.0 Å². The lowest BCUT2D eigenvalue weighted by atomic mass is 9.98. The van der Waals surface area contributed by atoms with Crippen molar-refractivity contribution in [3.8, 4) is 5.75 Å². The molecule has 3 aromatic heterocycles. The molecule has 8 heteroatoms. The first-order chi connectivity index (χ1) is 14.4.